The van der Waals surface area contributed by atoms with Crippen LogP contribution < -0.4 is 11.0 Å². The summed E-state index contributed by atoms with van der Waals surface area (Å²) in [5, 5.41) is 2.34. The van der Waals surface area contributed by atoms with Gasteiger partial charge in [0.05, 0.1) is 23.7 Å². The molecule has 1 saturated carbocycles. The Hall–Kier alpha value is -3.18. The van der Waals surface area contributed by atoms with E-state index in [1.54, 1.807) is 16.5 Å². The summed E-state index contributed by atoms with van der Waals surface area (Å²) in [4.78, 5) is 53.4. The van der Waals surface area contributed by atoms with E-state index in [0.717, 1.165) is 43.4 Å². The highest BCUT2D eigenvalue weighted by Gasteiger charge is 2.37. The Morgan fingerprint density at radius 2 is 1.77 bits per heavy atom. The molecule has 5 rings (SSSR count). The van der Waals surface area contributed by atoms with E-state index in [-0.39, 0.29) is 30.2 Å². The second-order valence-electron chi connectivity index (χ2n) is 11.9. The van der Waals surface area contributed by atoms with Gasteiger partial charge in [0.2, 0.25) is 11.8 Å². The van der Waals surface area contributed by atoms with Gasteiger partial charge in [-0.2, -0.15) is 0 Å². The van der Waals surface area contributed by atoms with Crippen molar-refractivity contribution in [2.24, 2.45) is 7.05 Å². The van der Waals surface area contributed by atoms with Crippen LogP contribution in [0.1, 0.15) is 58.1 Å². The lowest BCUT2D eigenvalue weighted by atomic mass is 9.87. The van der Waals surface area contributed by atoms with Gasteiger partial charge in [-0.15, -0.1) is 0 Å². The highest BCUT2D eigenvalue weighted by atomic mass is 16.6. The van der Waals surface area contributed by atoms with Crippen LogP contribution in [0.15, 0.2) is 23.0 Å². The minimum absolute atomic E-state index is 0.221. The second-order valence-corrected chi connectivity index (χ2v) is 11.9. The van der Waals surface area contributed by atoms with Crippen molar-refractivity contribution >= 4 is 28.9 Å². The Bertz CT molecular complexity index is 1310. The number of carbonyl (C=O) groups is 3. The van der Waals surface area contributed by atoms with E-state index in [1.165, 1.54) is 4.57 Å². The number of nitrogens with one attached hydrogen (secondary N) is 1. The van der Waals surface area contributed by atoms with Crippen LogP contribution in [-0.2, 0) is 32.5 Å². The molecule has 1 aromatic carbocycles. The van der Waals surface area contributed by atoms with Crippen molar-refractivity contribution in [1.29, 1.82) is 0 Å². The Labute approximate surface area is 228 Å². The summed E-state index contributed by atoms with van der Waals surface area (Å²) in [6.45, 7) is 9.34. The first kappa shape index (κ1) is 27.4. The van der Waals surface area contributed by atoms with Crippen molar-refractivity contribution in [3.8, 4) is 0 Å². The number of piperazine rings is 1. The second kappa shape index (κ2) is 10.8. The molecule has 1 aromatic heterocycles. The number of aryl methyl sites for hydroxylation is 1. The summed E-state index contributed by atoms with van der Waals surface area (Å²) in [7, 11) is 1.70. The smallest absolute Gasteiger partial charge is 0.410 e. The largest absolute Gasteiger partial charge is 0.444 e. The van der Waals surface area contributed by atoms with Gasteiger partial charge in [0.15, 0.2) is 0 Å². The minimum atomic E-state index is -0.681. The molecule has 11 heteroatoms. The van der Waals surface area contributed by atoms with Gasteiger partial charge >= 0.3 is 11.8 Å². The van der Waals surface area contributed by atoms with Gasteiger partial charge in [-0.3, -0.25) is 28.9 Å². The van der Waals surface area contributed by atoms with Crippen molar-refractivity contribution in [3.63, 3.8) is 0 Å². The Morgan fingerprint density at radius 1 is 1.05 bits per heavy atom. The quantitative estimate of drug-likeness (QED) is 0.556. The Kier molecular flexibility index (Phi) is 7.56. The van der Waals surface area contributed by atoms with Crippen LogP contribution >= 0.6 is 0 Å². The molecule has 212 valence electrons. The highest BCUT2D eigenvalue weighted by Crippen LogP contribution is 2.30. The summed E-state index contributed by atoms with van der Waals surface area (Å²) in [5.74, 6) is -0.729. The summed E-state index contributed by atoms with van der Waals surface area (Å²) in [5.41, 5.74) is 1.77. The van der Waals surface area contributed by atoms with E-state index in [4.69, 9.17) is 9.47 Å². The van der Waals surface area contributed by atoms with Crippen LogP contribution in [0.4, 0.5) is 4.79 Å². The van der Waals surface area contributed by atoms with Crippen LogP contribution in [0.25, 0.3) is 11.0 Å². The monoisotopic (exact) mass is 541 g/mol. The number of carbonyl (C=O) groups excluding carboxylic acids is 3. The molecule has 1 N–H and O–H groups in total. The van der Waals surface area contributed by atoms with Crippen molar-refractivity contribution in [2.75, 3.05) is 32.8 Å². The summed E-state index contributed by atoms with van der Waals surface area (Å²) >= 11 is 0. The third-order valence-corrected chi connectivity index (χ3v) is 7.97. The third kappa shape index (κ3) is 5.89. The molecule has 2 saturated heterocycles. The average molecular weight is 542 g/mol. The van der Waals surface area contributed by atoms with Gasteiger partial charge in [0, 0.05) is 45.7 Å². The van der Waals surface area contributed by atoms with E-state index >= 15 is 0 Å². The van der Waals surface area contributed by atoms with Gasteiger partial charge in [0.1, 0.15) is 11.6 Å². The van der Waals surface area contributed by atoms with Crippen LogP contribution in [0.3, 0.4) is 0 Å². The first-order valence-corrected chi connectivity index (χ1v) is 13.9. The fourth-order valence-corrected chi connectivity index (χ4v) is 5.71. The maximum absolute atomic E-state index is 12.9. The zero-order valence-electron chi connectivity index (χ0n) is 23.3. The number of imide groups is 1. The SMILES string of the molecule is Cn1c(=O)n(C2CCC(=O)NC2=O)c2ccc(CCOC3CC(N4CCN(C(=O)OC(C)(C)C)CC4)C3)cc21. The molecule has 2 aliphatic heterocycles. The lowest BCUT2D eigenvalue weighted by Gasteiger charge is -2.46. The molecule has 0 bridgehead atoms. The zero-order valence-corrected chi connectivity index (χ0v) is 23.3. The van der Waals surface area contributed by atoms with E-state index in [2.05, 4.69) is 10.2 Å². The number of aromatic nitrogens is 2. The number of benzene rings is 1. The topological polar surface area (TPSA) is 115 Å². The zero-order chi connectivity index (χ0) is 27.9. The van der Waals surface area contributed by atoms with Gasteiger partial charge in [0.25, 0.3) is 0 Å². The van der Waals surface area contributed by atoms with Crippen LogP contribution in [0.5, 0.6) is 0 Å². The highest BCUT2D eigenvalue weighted by molar-refractivity contribution is 6.00. The Balaban J connectivity index is 1.09. The molecule has 0 radical (unpaired) electrons. The van der Waals surface area contributed by atoms with Crippen molar-refractivity contribution in [1.82, 2.24) is 24.3 Å². The summed E-state index contributed by atoms with van der Waals surface area (Å²) in [6, 6.07) is 5.65. The lowest BCUT2D eigenvalue weighted by Crippen LogP contribution is -2.57. The maximum atomic E-state index is 12.9. The van der Waals surface area contributed by atoms with Gasteiger partial charge in [-0.05, 0) is 64.2 Å². The van der Waals surface area contributed by atoms with E-state index < -0.39 is 17.6 Å². The van der Waals surface area contributed by atoms with Crippen LogP contribution in [-0.4, -0.2) is 87.4 Å². The van der Waals surface area contributed by atoms with Gasteiger partial charge in [-0.1, -0.05) is 6.07 Å². The molecule has 1 unspecified atom stereocenters. The predicted octanol–water partition coefficient (Wildman–Crippen LogP) is 1.96. The minimum Gasteiger partial charge on any atom is -0.444 e. The van der Waals surface area contributed by atoms with Crippen molar-refractivity contribution in [3.05, 3.63) is 34.2 Å². The molecule has 3 fully saturated rings. The van der Waals surface area contributed by atoms with E-state index in [0.29, 0.717) is 37.7 Å². The first-order chi connectivity index (χ1) is 18.5. The number of nitrogens with zero attached hydrogens (tertiary/aromatic N) is 4. The summed E-state index contributed by atoms with van der Waals surface area (Å²) < 4.78 is 14.7. The molecular weight excluding hydrogens is 502 g/mol. The summed E-state index contributed by atoms with van der Waals surface area (Å²) in [6.07, 6.45) is 3.26. The van der Waals surface area contributed by atoms with Gasteiger partial charge < -0.3 is 14.4 Å². The molecule has 3 aliphatic rings. The third-order valence-electron chi connectivity index (χ3n) is 7.97. The molecule has 3 amide bonds. The number of piperidine rings is 1. The predicted molar refractivity (Wildman–Crippen MR) is 144 cm³/mol. The number of amides is 3. The maximum Gasteiger partial charge on any atom is 0.410 e. The van der Waals surface area contributed by atoms with Crippen molar-refractivity contribution in [2.45, 2.75) is 76.7 Å². The lowest BCUT2D eigenvalue weighted by molar-refractivity contribution is -0.135. The molecule has 2 aromatic rings. The van der Waals surface area contributed by atoms with E-state index in [9.17, 15) is 19.2 Å². The first-order valence-electron chi connectivity index (χ1n) is 13.9. The molecule has 1 atom stereocenters. The standard InChI is InChI=1S/C28H39N5O6/c1-28(2,3)39-27(37)32-12-10-31(11-13-32)19-16-20(17-19)38-14-9-18-5-6-21-23(15-18)30(4)26(36)33(21)22-7-8-24(34)29-25(22)35/h5-6,15,19-20,22H,7-14,16-17H2,1-4H3,(H,29,34,35). The fraction of sp³-hybridized carbons (Fsp3) is 0.643. The normalized spacial score (nSPS) is 24.5. The fourth-order valence-electron chi connectivity index (χ4n) is 5.71. The van der Waals surface area contributed by atoms with Gasteiger partial charge in [-0.25, -0.2) is 9.59 Å². The number of fused-ring (bicyclic) bond motifs is 1. The number of ether oxygens (including phenoxy) is 2. The average Bonchev–Trinajstić information content (AvgIpc) is 3.09. The molecule has 39 heavy (non-hydrogen) atoms. The van der Waals surface area contributed by atoms with Crippen LogP contribution in [0.2, 0.25) is 0 Å². The van der Waals surface area contributed by atoms with Crippen LogP contribution in [0, 0.1) is 0 Å². The van der Waals surface area contributed by atoms with E-state index in [1.807, 2.05) is 39.0 Å². The van der Waals surface area contributed by atoms with Crippen molar-refractivity contribution < 1.29 is 23.9 Å². The Morgan fingerprint density at radius 3 is 2.44 bits per heavy atom. The number of hydrogen-bond donors (Lipinski definition) is 1. The number of hydrogen-bond acceptors (Lipinski definition) is 7. The number of imidazole rings is 1. The molecule has 1 aliphatic carbocycles. The molecule has 3 heterocycles. The molecule has 0 spiro atoms. The molecular formula is C28H39N5O6. The molecule has 11 nitrogen and oxygen atoms in total. The number of rotatable bonds is 6.